The predicted molar refractivity (Wildman–Crippen MR) is 478 cm³/mol. The van der Waals surface area contributed by atoms with Crippen molar-refractivity contribution in [1.82, 2.24) is 24.9 Å². The van der Waals surface area contributed by atoms with Gasteiger partial charge in [0.05, 0.1) is 52.5 Å². The van der Waals surface area contributed by atoms with E-state index in [9.17, 15) is 61.1 Å². The first-order valence-electron chi connectivity index (χ1n) is 40.7. The number of aromatic amines is 1. The van der Waals surface area contributed by atoms with E-state index >= 15 is 0 Å². The molecular weight excluding hydrogens is 1850 g/mol. The van der Waals surface area contributed by atoms with Crippen molar-refractivity contribution in [2.75, 3.05) is 107 Å². The van der Waals surface area contributed by atoms with Crippen molar-refractivity contribution in [1.29, 1.82) is 0 Å². The van der Waals surface area contributed by atoms with Crippen LogP contribution in [-0.2, 0) is 90.9 Å². The lowest BCUT2D eigenvalue weighted by Crippen LogP contribution is -2.41. The molecule has 0 unspecified atom stereocenters. The number of hydrogen-bond acceptors (Lipinski definition) is 24. The Morgan fingerprint density at radius 3 is 1.43 bits per heavy atom. The Balaban J connectivity index is 0.000000218. The Bertz CT molecular complexity index is 5070. The van der Waals surface area contributed by atoms with Crippen LogP contribution in [0.25, 0.3) is 0 Å². The molecule has 0 bridgehead atoms. The van der Waals surface area contributed by atoms with Gasteiger partial charge in [-0.05, 0) is 144 Å². The second-order valence-corrected chi connectivity index (χ2v) is 34.5. The van der Waals surface area contributed by atoms with Gasteiger partial charge in [0, 0.05) is 120 Å². The number of aliphatic carboxylic acids is 1. The Kier molecular flexibility index (Phi) is 42.4. The number of aromatic nitrogens is 2. The smallest absolute Gasteiger partial charge is 0.387 e. The van der Waals surface area contributed by atoms with Crippen LogP contribution >= 0.6 is 82.3 Å². The molecule has 6 fully saturated rings. The number of carboxylic acid groups (broad SMARTS) is 1. The Labute approximate surface area is 783 Å². The molecule has 4 atom stereocenters. The molecule has 2 aromatic heterocycles. The van der Waals surface area contributed by atoms with Crippen molar-refractivity contribution < 1.29 is 128 Å². The highest BCUT2D eigenvalue weighted by Crippen LogP contribution is 2.42. The number of halogens is 9. The van der Waals surface area contributed by atoms with Crippen molar-refractivity contribution in [3.05, 3.63) is 245 Å². The number of esters is 2. The van der Waals surface area contributed by atoms with Gasteiger partial charge in [-0.15, -0.1) is 35.9 Å². The molecule has 4 aliphatic heterocycles. The summed E-state index contributed by atoms with van der Waals surface area (Å²) in [5.41, 5.74) is 6.81. The number of carbonyl (C=O) groups excluding carboxylic acids is 7. The zero-order chi connectivity index (χ0) is 92.1. The molecule has 14 rings (SSSR count). The number of carbonyl (C=O) groups is 8. The van der Waals surface area contributed by atoms with Crippen LogP contribution in [-0.4, -0.2) is 221 Å². The second kappa shape index (κ2) is 52.3. The van der Waals surface area contributed by atoms with Crippen LogP contribution in [0.2, 0.25) is 20.1 Å². The standard InChI is InChI=1S/C33H33Cl2F2N3O7S.C22H22Cl2F2N2O4S.C13H17NO3.C11H13NO3.C11H12O4.ClH.H2O/c1-38(2)30(42)22-5-3-4-20(12-22)13-29(41)40-10-11-48-31(40)32(43)46-27(15-23-24(34)16-39(44)17-25(23)35)21-8-9-26(47-33(36)37)28(14-21)45-18-19-6-7-19;23-15-9-27-10-16(24)14(15)8-18(31-21(29)20-28-5-6-33-20)13-3-4-17(32-22(25)26)19(7-13)30-11-12-1-2-12;1-14(2)13(15)11-5-3-4-10(8-11)9-12-16-6-7-17-12;1-12(2)11(15)9-5-3-4-8(6-9)7-10(13)14;12-8-15-10-3-1-2-9(6-10)7-11-13-4-5-14-11;;/h3-5,8-9,12,14,16-17,19,27,31,33H,6-7,10-11,13,15,18H2,1-2H3;3-4,7,9-10,12,18,20,22,28H,1-2,5-6,8,11H2;3-5,8,12H,6-7,9H2,1-2H3;3-6H,7H2,1-2H3,(H,13,14);1-3,6,8,11H,4-5,7H2;1H;1H2/t27-,31-;18-,20-;;;;;/m00...../s1. The van der Waals surface area contributed by atoms with Crippen molar-refractivity contribution in [2.45, 2.75) is 113 Å². The molecule has 2 saturated carbocycles. The van der Waals surface area contributed by atoms with Gasteiger partial charge in [0.25, 0.3) is 24.2 Å². The number of amides is 4. The summed E-state index contributed by atoms with van der Waals surface area (Å²) in [5.74, 6) is -0.174. The summed E-state index contributed by atoms with van der Waals surface area (Å²) < 4.78 is 112. The first kappa shape index (κ1) is 105. The lowest BCUT2D eigenvalue weighted by molar-refractivity contribution is -0.605. The summed E-state index contributed by atoms with van der Waals surface area (Å²) in [7, 11) is 10.1. The van der Waals surface area contributed by atoms with Crippen LogP contribution in [0.4, 0.5) is 17.6 Å². The lowest BCUT2D eigenvalue weighted by Gasteiger charge is -2.26. The van der Waals surface area contributed by atoms with Crippen molar-refractivity contribution in [3.8, 4) is 28.7 Å². The summed E-state index contributed by atoms with van der Waals surface area (Å²) in [6.07, 6.45) is 8.57. The van der Waals surface area contributed by atoms with E-state index in [2.05, 4.69) is 19.8 Å². The average molecular weight is 1950 g/mol. The van der Waals surface area contributed by atoms with Crippen LogP contribution in [0, 0.1) is 17.0 Å². The number of nitrogens with one attached hydrogen (secondary N) is 2. The third kappa shape index (κ3) is 33.4. The third-order valence-electron chi connectivity index (χ3n) is 19.9. The van der Waals surface area contributed by atoms with E-state index in [4.69, 9.17) is 94.1 Å². The molecular formula is C90H100Cl5F4N7O22S2. The normalized spacial score (nSPS) is 16.0. The number of rotatable bonds is 33. The zero-order valence-corrected chi connectivity index (χ0v) is 77.0. The maximum absolute atomic E-state index is 13.8. The molecule has 6 aliphatic rings. The minimum Gasteiger partial charge on any atom is -0.870 e. The molecule has 0 radical (unpaired) electrons. The van der Waals surface area contributed by atoms with Gasteiger partial charge in [-0.3, -0.25) is 34.1 Å². The molecule has 8 aromatic rings. The number of pyridine rings is 2. The average Bonchev–Trinajstić information content (AvgIpc) is 1.60. The summed E-state index contributed by atoms with van der Waals surface area (Å²) in [4.78, 5) is 105. The number of alkyl halides is 4. The second-order valence-electron chi connectivity index (χ2n) is 30.4. The maximum Gasteiger partial charge on any atom is 0.387 e. The van der Waals surface area contributed by atoms with Crippen molar-refractivity contribution >= 4 is 130 Å². The van der Waals surface area contributed by atoms with Crippen LogP contribution in [0.1, 0.15) is 113 Å². The first-order chi connectivity index (χ1) is 61.3. The molecule has 6 heterocycles. The van der Waals surface area contributed by atoms with Crippen LogP contribution in [0.15, 0.2) is 158 Å². The molecule has 0 spiro atoms. The van der Waals surface area contributed by atoms with Crippen molar-refractivity contribution in [2.24, 2.45) is 11.8 Å². The molecule has 40 heteroatoms. The van der Waals surface area contributed by atoms with E-state index < -0.39 is 54.1 Å². The fourth-order valence-corrected chi connectivity index (χ4v) is 16.2. The van der Waals surface area contributed by atoms with E-state index in [-0.39, 0.29) is 113 Å². The largest absolute Gasteiger partial charge is 0.870 e. The molecule has 4 N–H and O–H groups in total. The van der Waals surface area contributed by atoms with Crippen LogP contribution < -0.4 is 38.7 Å². The predicted octanol–water partition coefficient (Wildman–Crippen LogP) is 14.1. The van der Waals surface area contributed by atoms with Gasteiger partial charge in [0.2, 0.25) is 5.91 Å². The molecule has 2 aliphatic carbocycles. The third-order valence-corrected chi connectivity index (χ3v) is 23.5. The van der Waals surface area contributed by atoms with Crippen LogP contribution in [0.3, 0.4) is 0 Å². The summed E-state index contributed by atoms with van der Waals surface area (Å²) >= 11 is 28.1. The molecule has 130 heavy (non-hydrogen) atoms. The van der Waals surface area contributed by atoms with E-state index in [1.807, 2.05) is 36.4 Å². The summed E-state index contributed by atoms with van der Waals surface area (Å²) in [6, 6.07) is 37.1. The minimum atomic E-state index is -3.09. The first-order valence-corrected chi connectivity index (χ1v) is 44.3. The molecule has 4 amide bonds. The van der Waals surface area contributed by atoms with E-state index in [0.29, 0.717) is 160 Å². The van der Waals surface area contributed by atoms with Gasteiger partial charge in [0.1, 0.15) is 38.0 Å². The van der Waals surface area contributed by atoms with E-state index in [1.54, 1.807) is 132 Å². The van der Waals surface area contributed by atoms with Gasteiger partial charge in [0.15, 0.2) is 71.1 Å². The van der Waals surface area contributed by atoms with Gasteiger partial charge >= 0.3 is 31.1 Å². The highest BCUT2D eigenvalue weighted by atomic mass is 35.5. The van der Waals surface area contributed by atoms with Gasteiger partial charge < -0.3 is 87.5 Å². The fraction of sp³-hybridized carbons (Fsp3) is 0.400. The van der Waals surface area contributed by atoms with E-state index in [0.717, 1.165) is 55.0 Å². The number of H-pyrrole nitrogens is 1. The zero-order valence-electron chi connectivity index (χ0n) is 71.5. The number of benzene rings is 6. The number of thioether (sulfide) groups is 2. The van der Waals surface area contributed by atoms with Gasteiger partial charge in [-0.25, -0.2) is 14.6 Å². The number of ether oxygens (including phenoxy) is 11. The highest BCUT2D eigenvalue weighted by molar-refractivity contribution is 8.01. The molecule has 29 nitrogen and oxygen atoms in total. The monoisotopic (exact) mass is 1950 g/mol. The van der Waals surface area contributed by atoms with Crippen LogP contribution in [0.5, 0.6) is 28.7 Å². The lowest BCUT2D eigenvalue weighted by atomic mass is 10.0. The maximum atomic E-state index is 13.8. The SMILES string of the molecule is CN(C)C(=O)c1cccc(CC(=O)N2CCS[C@H]2C(=O)O[C@@H](Cc2c(Cl)c[n+]([O-])cc2Cl)c2ccc(OC(F)F)c(OCC3CC3)c2)c1.CN(C)C(=O)c1cccc(CC(=O)O)c1.CN(C)C(=O)c1cccc(CC2OCCO2)c1.Cl.O=C(O[C@@H](Cc1c(Cl)c[nH+]cc1Cl)c1ccc(OC(F)F)c(OCC2CC2)c1)[C@H]1NCCS1.O=COc1cccc(CC2OCCO2)c1.[OH-]. The Morgan fingerprint density at radius 2 is 1.00 bits per heavy atom. The highest BCUT2D eigenvalue weighted by Gasteiger charge is 2.39. The number of nitrogens with zero attached hydrogens (tertiary/aromatic N) is 5. The topological polar surface area (TPSA) is 354 Å². The minimum absolute atomic E-state index is 0. The Morgan fingerprint density at radius 1 is 0.569 bits per heavy atom. The molecule has 6 aromatic carbocycles. The van der Waals surface area contributed by atoms with Gasteiger partial charge in [-0.2, -0.15) is 22.3 Å². The Hall–Kier alpha value is -9.99. The van der Waals surface area contributed by atoms with Gasteiger partial charge in [-0.1, -0.05) is 107 Å². The summed E-state index contributed by atoms with van der Waals surface area (Å²) in [6.45, 7) is -1.35. The number of carboxylic acids is 1. The quantitative estimate of drug-likeness (QED) is 0.0127. The number of hydrogen-bond donors (Lipinski definition) is 2. The molecule has 4 saturated heterocycles. The van der Waals surface area contributed by atoms with Crippen molar-refractivity contribution in [3.63, 3.8) is 0 Å². The summed E-state index contributed by atoms with van der Waals surface area (Å²) in [5, 5.41) is 23.0. The molecule has 702 valence electrons. The fourth-order valence-electron chi connectivity index (χ4n) is 13.1. The van der Waals surface area contributed by atoms with E-state index in [1.165, 1.54) is 62.5 Å².